The molecule has 0 N–H and O–H groups in total. The number of carbonyl (C=O) groups is 1. The van der Waals surface area contributed by atoms with Crippen LogP contribution in [0.1, 0.15) is 23.2 Å². The maximum atomic E-state index is 13.0. The van der Waals surface area contributed by atoms with Crippen LogP contribution in [0.4, 0.5) is 5.69 Å². The molecule has 120 valence electrons. The lowest BCUT2D eigenvalue weighted by atomic mass is 10.1. The number of benzene rings is 1. The van der Waals surface area contributed by atoms with E-state index in [1.807, 2.05) is 41.3 Å². The Morgan fingerprint density at radius 1 is 1.17 bits per heavy atom. The van der Waals surface area contributed by atoms with Gasteiger partial charge in [0.05, 0.1) is 30.0 Å². The average Bonchev–Trinajstić information content (AvgIpc) is 3.30. The largest absolute Gasteiger partial charge is 0.307 e. The number of amides is 1. The highest BCUT2D eigenvalue weighted by Gasteiger charge is 2.28. The predicted molar refractivity (Wildman–Crippen MR) is 90.0 cm³/mol. The molecule has 24 heavy (non-hydrogen) atoms. The van der Waals surface area contributed by atoms with Crippen LogP contribution in [-0.2, 0) is 0 Å². The summed E-state index contributed by atoms with van der Waals surface area (Å²) in [5, 5.41) is 7.75. The van der Waals surface area contributed by atoms with Crippen LogP contribution in [0, 0.1) is 5.92 Å². The molecule has 1 aromatic carbocycles. The SMILES string of the molecule is O=C(c1ccc(-n2ccnn2)cc1)N(CC1CC1)c1cccnc1. The zero-order valence-electron chi connectivity index (χ0n) is 13.1. The van der Waals surface area contributed by atoms with Gasteiger partial charge in [0.15, 0.2) is 0 Å². The molecule has 6 nitrogen and oxygen atoms in total. The van der Waals surface area contributed by atoms with Crippen molar-refractivity contribution < 1.29 is 4.79 Å². The van der Waals surface area contributed by atoms with Gasteiger partial charge < -0.3 is 4.90 Å². The normalized spacial score (nSPS) is 13.7. The monoisotopic (exact) mass is 319 g/mol. The van der Waals surface area contributed by atoms with Gasteiger partial charge in [-0.25, -0.2) is 4.68 Å². The van der Waals surface area contributed by atoms with E-state index in [-0.39, 0.29) is 5.91 Å². The highest BCUT2D eigenvalue weighted by Crippen LogP contribution is 2.32. The minimum Gasteiger partial charge on any atom is -0.307 e. The summed E-state index contributed by atoms with van der Waals surface area (Å²) in [5.41, 5.74) is 2.37. The van der Waals surface area contributed by atoms with Crippen molar-refractivity contribution in [1.29, 1.82) is 0 Å². The number of hydrogen-bond donors (Lipinski definition) is 0. The van der Waals surface area contributed by atoms with Gasteiger partial charge in [-0.15, -0.1) is 5.10 Å². The zero-order valence-corrected chi connectivity index (χ0v) is 13.1. The fourth-order valence-corrected chi connectivity index (χ4v) is 2.64. The Labute approximate surface area is 139 Å². The first kappa shape index (κ1) is 14.6. The second kappa shape index (κ2) is 6.23. The summed E-state index contributed by atoms with van der Waals surface area (Å²) in [6, 6.07) is 11.2. The molecule has 0 radical (unpaired) electrons. The topological polar surface area (TPSA) is 63.9 Å². The van der Waals surface area contributed by atoms with Gasteiger partial charge in [0, 0.05) is 18.3 Å². The number of aromatic nitrogens is 4. The molecule has 1 saturated carbocycles. The van der Waals surface area contributed by atoms with Crippen LogP contribution in [0.5, 0.6) is 0 Å². The van der Waals surface area contributed by atoms with E-state index < -0.39 is 0 Å². The molecule has 2 heterocycles. The maximum absolute atomic E-state index is 13.0. The molecule has 1 amide bonds. The quantitative estimate of drug-likeness (QED) is 0.725. The zero-order chi connectivity index (χ0) is 16.4. The van der Waals surface area contributed by atoms with E-state index in [1.165, 1.54) is 12.8 Å². The van der Waals surface area contributed by atoms with Crippen LogP contribution in [0.25, 0.3) is 5.69 Å². The van der Waals surface area contributed by atoms with Crippen LogP contribution in [0.2, 0.25) is 0 Å². The van der Waals surface area contributed by atoms with Crippen LogP contribution in [-0.4, -0.2) is 32.4 Å². The van der Waals surface area contributed by atoms with Gasteiger partial charge in [-0.3, -0.25) is 9.78 Å². The molecular formula is C18H17N5O. The molecule has 1 aliphatic carbocycles. The second-order valence-electron chi connectivity index (χ2n) is 5.96. The minimum absolute atomic E-state index is 0.0000373. The van der Waals surface area contributed by atoms with E-state index >= 15 is 0 Å². The molecule has 4 rings (SSSR count). The van der Waals surface area contributed by atoms with Crippen LogP contribution >= 0.6 is 0 Å². The molecule has 1 fully saturated rings. The van der Waals surface area contributed by atoms with E-state index in [4.69, 9.17) is 0 Å². The summed E-state index contributed by atoms with van der Waals surface area (Å²) in [6.45, 7) is 0.745. The second-order valence-corrected chi connectivity index (χ2v) is 5.96. The minimum atomic E-state index is 0.0000373. The smallest absolute Gasteiger partial charge is 0.258 e. The number of nitrogens with zero attached hydrogens (tertiary/aromatic N) is 5. The number of hydrogen-bond acceptors (Lipinski definition) is 4. The van der Waals surface area contributed by atoms with E-state index in [0.29, 0.717) is 11.5 Å². The van der Waals surface area contributed by atoms with Crippen LogP contribution in [0.3, 0.4) is 0 Å². The van der Waals surface area contributed by atoms with Gasteiger partial charge in [-0.1, -0.05) is 5.21 Å². The van der Waals surface area contributed by atoms with Crippen molar-refractivity contribution >= 4 is 11.6 Å². The summed E-state index contributed by atoms with van der Waals surface area (Å²) >= 11 is 0. The number of anilines is 1. The molecule has 3 aromatic rings. The number of carbonyl (C=O) groups excluding carboxylic acids is 1. The Bertz CT molecular complexity index is 810. The third kappa shape index (κ3) is 3.03. The molecule has 0 unspecified atom stereocenters. The Morgan fingerprint density at radius 3 is 2.62 bits per heavy atom. The van der Waals surface area contributed by atoms with Gasteiger partial charge >= 0.3 is 0 Å². The first-order valence-electron chi connectivity index (χ1n) is 8.00. The van der Waals surface area contributed by atoms with Crippen molar-refractivity contribution in [2.45, 2.75) is 12.8 Å². The standard InChI is InChI=1S/C18H17N5O/c24-18(15-5-7-16(8-6-15)23-11-10-20-21-23)22(13-14-3-4-14)17-2-1-9-19-12-17/h1-2,5-12,14H,3-4,13H2. The highest BCUT2D eigenvalue weighted by atomic mass is 16.2. The van der Waals surface area contributed by atoms with Crippen molar-refractivity contribution in [3.05, 3.63) is 66.7 Å². The molecule has 0 spiro atoms. The van der Waals surface area contributed by atoms with Gasteiger partial charge in [0.1, 0.15) is 0 Å². The Balaban J connectivity index is 1.60. The predicted octanol–water partition coefficient (Wildman–Crippen LogP) is 2.72. The molecular weight excluding hydrogens is 302 g/mol. The van der Waals surface area contributed by atoms with Crippen molar-refractivity contribution in [3.8, 4) is 5.69 Å². The third-order valence-corrected chi connectivity index (χ3v) is 4.14. The van der Waals surface area contributed by atoms with E-state index in [9.17, 15) is 4.79 Å². The van der Waals surface area contributed by atoms with Gasteiger partial charge in [-0.2, -0.15) is 0 Å². The first-order chi connectivity index (χ1) is 11.8. The summed E-state index contributed by atoms with van der Waals surface area (Å²) in [4.78, 5) is 18.9. The van der Waals surface area contributed by atoms with E-state index in [1.54, 1.807) is 29.5 Å². The lowest BCUT2D eigenvalue weighted by Crippen LogP contribution is -2.33. The Kier molecular flexibility index (Phi) is 3.78. The van der Waals surface area contributed by atoms with Gasteiger partial charge in [-0.05, 0) is 55.2 Å². The molecule has 0 atom stereocenters. The number of rotatable bonds is 5. The maximum Gasteiger partial charge on any atom is 0.258 e. The fourth-order valence-electron chi connectivity index (χ4n) is 2.64. The van der Waals surface area contributed by atoms with Crippen LogP contribution < -0.4 is 4.90 Å². The summed E-state index contributed by atoms with van der Waals surface area (Å²) in [6.07, 6.45) is 9.23. The van der Waals surface area contributed by atoms with E-state index in [0.717, 1.165) is 17.9 Å². The first-order valence-corrected chi connectivity index (χ1v) is 8.00. The summed E-state index contributed by atoms with van der Waals surface area (Å²) in [7, 11) is 0. The molecule has 2 aromatic heterocycles. The number of pyridine rings is 1. The van der Waals surface area contributed by atoms with Gasteiger partial charge in [0.2, 0.25) is 0 Å². The van der Waals surface area contributed by atoms with Crippen molar-refractivity contribution in [2.75, 3.05) is 11.4 Å². The Hall–Kier alpha value is -3.02. The summed E-state index contributed by atoms with van der Waals surface area (Å²) < 4.78 is 1.66. The van der Waals surface area contributed by atoms with Crippen molar-refractivity contribution in [3.63, 3.8) is 0 Å². The molecule has 6 heteroatoms. The lowest BCUT2D eigenvalue weighted by molar-refractivity contribution is 0.0985. The molecule has 0 aliphatic heterocycles. The molecule has 0 saturated heterocycles. The third-order valence-electron chi connectivity index (χ3n) is 4.14. The molecule has 1 aliphatic rings. The summed E-state index contributed by atoms with van der Waals surface area (Å²) in [5.74, 6) is 0.601. The Morgan fingerprint density at radius 2 is 2.00 bits per heavy atom. The fraction of sp³-hybridized carbons (Fsp3) is 0.222. The van der Waals surface area contributed by atoms with Crippen molar-refractivity contribution in [1.82, 2.24) is 20.0 Å². The van der Waals surface area contributed by atoms with E-state index in [2.05, 4.69) is 15.3 Å². The lowest BCUT2D eigenvalue weighted by Gasteiger charge is -2.22. The molecule has 0 bridgehead atoms. The van der Waals surface area contributed by atoms with Gasteiger partial charge in [0.25, 0.3) is 5.91 Å². The highest BCUT2D eigenvalue weighted by molar-refractivity contribution is 6.06. The van der Waals surface area contributed by atoms with Crippen molar-refractivity contribution in [2.24, 2.45) is 5.92 Å². The average molecular weight is 319 g/mol. The van der Waals surface area contributed by atoms with Crippen LogP contribution in [0.15, 0.2) is 61.2 Å².